The summed E-state index contributed by atoms with van der Waals surface area (Å²) in [6, 6.07) is 6.78. The van der Waals surface area contributed by atoms with E-state index in [-0.39, 0.29) is 17.9 Å². The quantitative estimate of drug-likeness (QED) is 0.730. The molecule has 0 atom stereocenters. The lowest BCUT2D eigenvalue weighted by atomic mass is 10.00. The van der Waals surface area contributed by atoms with Crippen molar-refractivity contribution in [2.75, 3.05) is 5.32 Å². The van der Waals surface area contributed by atoms with E-state index in [1.54, 1.807) is 24.3 Å². The highest BCUT2D eigenvalue weighted by atomic mass is 16.4. The first-order chi connectivity index (χ1) is 8.76. The first kappa shape index (κ1) is 15.2. The third kappa shape index (κ3) is 6.57. The van der Waals surface area contributed by atoms with E-state index in [2.05, 4.69) is 5.32 Å². The molecule has 0 saturated heterocycles. The molecule has 1 aromatic carbocycles. The Morgan fingerprint density at radius 3 is 2.32 bits per heavy atom. The van der Waals surface area contributed by atoms with E-state index >= 15 is 0 Å². The Morgan fingerprint density at radius 2 is 1.84 bits per heavy atom. The van der Waals surface area contributed by atoms with E-state index in [0.29, 0.717) is 24.1 Å². The van der Waals surface area contributed by atoms with Crippen LogP contribution < -0.4 is 11.1 Å². The van der Waals surface area contributed by atoms with Crippen LogP contribution in [-0.4, -0.2) is 22.5 Å². The molecule has 5 nitrogen and oxygen atoms in total. The average Bonchev–Trinajstić information content (AvgIpc) is 2.28. The summed E-state index contributed by atoms with van der Waals surface area (Å²) in [5.41, 5.74) is 6.81. The number of benzene rings is 1. The number of carboxylic acid groups (broad SMARTS) is 1. The number of hydrogen-bond donors (Lipinski definition) is 3. The number of hydrogen-bond acceptors (Lipinski definition) is 3. The number of amides is 1. The van der Waals surface area contributed by atoms with Gasteiger partial charge in [-0.25, -0.2) is 0 Å². The van der Waals surface area contributed by atoms with Crippen LogP contribution in [0.4, 0.5) is 5.69 Å². The second-order valence-corrected chi connectivity index (χ2v) is 5.30. The van der Waals surface area contributed by atoms with E-state index in [1.165, 1.54) is 0 Å². The average molecular weight is 264 g/mol. The topological polar surface area (TPSA) is 92.4 Å². The van der Waals surface area contributed by atoms with Crippen LogP contribution in [0.5, 0.6) is 0 Å². The van der Waals surface area contributed by atoms with Crippen molar-refractivity contribution in [1.82, 2.24) is 0 Å². The summed E-state index contributed by atoms with van der Waals surface area (Å²) >= 11 is 0. The number of nitrogens with one attached hydrogen (secondary N) is 1. The lowest BCUT2D eigenvalue weighted by Gasteiger charge is -2.17. The van der Waals surface area contributed by atoms with Crippen LogP contribution in [0.25, 0.3) is 0 Å². The highest BCUT2D eigenvalue weighted by molar-refractivity contribution is 5.90. The number of rotatable bonds is 6. The SMILES string of the molecule is CC(C)(N)CCC(=O)Nc1ccc(CC(=O)O)cc1. The van der Waals surface area contributed by atoms with E-state index in [1.807, 2.05) is 13.8 Å². The Morgan fingerprint density at radius 1 is 1.26 bits per heavy atom. The smallest absolute Gasteiger partial charge is 0.307 e. The van der Waals surface area contributed by atoms with Crippen LogP contribution in [-0.2, 0) is 16.0 Å². The zero-order valence-corrected chi connectivity index (χ0v) is 11.3. The van der Waals surface area contributed by atoms with Gasteiger partial charge in [0.05, 0.1) is 6.42 Å². The van der Waals surface area contributed by atoms with Crippen LogP contribution in [0, 0.1) is 0 Å². The molecule has 0 spiro atoms. The molecule has 0 aromatic heterocycles. The maximum Gasteiger partial charge on any atom is 0.307 e. The third-order valence-corrected chi connectivity index (χ3v) is 2.59. The van der Waals surface area contributed by atoms with Crippen molar-refractivity contribution >= 4 is 17.6 Å². The van der Waals surface area contributed by atoms with Gasteiger partial charge < -0.3 is 16.2 Å². The first-order valence-electron chi connectivity index (χ1n) is 6.16. The van der Waals surface area contributed by atoms with Gasteiger partial charge in [0.2, 0.25) is 5.91 Å². The summed E-state index contributed by atoms with van der Waals surface area (Å²) in [6.07, 6.45) is 0.950. The standard InChI is InChI=1S/C14H20N2O3/c1-14(2,15)8-7-12(17)16-11-5-3-10(4-6-11)9-13(18)19/h3-6H,7-9,15H2,1-2H3,(H,16,17)(H,18,19). The van der Waals surface area contributed by atoms with Crippen LogP contribution in [0.2, 0.25) is 0 Å². The van der Waals surface area contributed by atoms with E-state index < -0.39 is 5.97 Å². The molecule has 5 heteroatoms. The molecule has 104 valence electrons. The van der Waals surface area contributed by atoms with Gasteiger partial charge in [-0.2, -0.15) is 0 Å². The predicted octanol–water partition coefficient (Wildman–Crippen LogP) is 1.77. The normalized spacial score (nSPS) is 11.1. The number of carbonyl (C=O) groups is 2. The Balaban J connectivity index is 2.49. The summed E-state index contributed by atoms with van der Waals surface area (Å²) in [6.45, 7) is 3.75. The first-order valence-corrected chi connectivity index (χ1v) is 6.16. The van der Waals surface area contributed by atoms with Crippen LogP contribution in [0.1, 0.15) is 32.3 Å². The monoisotopic (exact) mass is 264 g/mol. The Hall–Kier alpha value is -1.88. The lowest BCUT2D eigenvalue weighted by molar-refractivity contribution is -0.136. The van der Waals surface area contributed by atoms with Crippen LogP contribution >= 0.6 is 0 Å². The van der Waals surface area contributed by atoms with Gasteiger partial charge in [-0.3, -0.25) is 9.59 Å². The van der Waals surface area contributed by atoms with Crippen LogP contribution in [0.3, 0.4) is 0 Å². The number of nitrogens with two attached hydrogens (primary N) is 1. The molecular weight excluding hydrogens is 244 g/mol. The molecule has 0 fully saturated rings. The van der Waals surface area contributed by atoms with E-state index in [0.717, 1.165) is 0 Å². The Bertz CT molecular complexity index is 447. The van der Waals surface area contributed by atoms with Crippen molar-refractivity contribution in [3.8, 4) is 0 Å². The second-order valence-electron chi connectivity index (χ2n) is 5.30. The molecule has 0 aliphatic rings. The van der Waals surface area contributed by atoms with Gasteiger partial charge in [0.15, 0.2) is 0 Å². The summed E-state index contributed by atoms with van der Waals surface area (Å²) < 4.78 is 0. The molecule has 0 unspecified atom stereocenters. The molecule has 19 heavy (non-hydrogen) atoms. The molecule has 0 saturated carbocycles. The van der Waals surface area contributed by atoms with Crippen molar-refractivity contribution < 1.29 is 14.7 Å². The molecule has 4 N–H and O–H groups in total. The highest BCUT2D eigenvalue weighted by Crippen LogP contribution is 2.12. The Labute approximate surface area is 112 Å². The fourth-order valence-electron chi connectivity index (χ4n) is 1.54. The second kappa shape index (κ2) is 6.33. The van der Waals surface area contributed by atoms with Gasteiger partial charge in [-0.1, -0.05) is 12.1 Å². The van der Waals surface area contributed by atoms with Crippen molar-refractivity contribution in [3.63, 3.8) is 0 Å². The zero-order valence-electron chi connectivity index (χ0n) is 11.3. The van der Waals surface area contributed by atoms with Gasteiger partial charge in [-0.05, 0) is 38.0 Å². The largest absolute Gasteiger partial charge is 0.481 e. The number of aliphatic carboxylic acids is 1. The predicted molar refractivity (Wildman–Crippen MR) is 73.9 cm³/mol. The van der Waals surface area contributed by atoms with Gasteiger partial charge >= 0.3 is 5.97 Å². The molecular formula is C14H20N2O3. The maximum atomic E-state index is 11.7. The summed E-state index contributed by atoms with van der Waals surface area (Å²) in [7, 11) is 0. The molecule has 0 radical (unpaired) electrons. The highest BCUT2D eigenvalue weighted by Gasteiger charge is 2.13. The van der Waals surface area contributed by atoms with Gasteiger partial charge in [-0.15, -0.1) is 0 Å². The third-order valence-electron chi connectivity index (χ3n) is 2.59. The zero-order chi connectivity index (χ0) is 14.5. The molecule has 0 bridgehead atoms. The minimum absolute atomic E-state index is 0.0183. The van der Waals surface area contributed by atoms with Crippen molar-refractivity contribution in [3.05, 3.63) is 29.8 Å². The molecule has 1 rings (SSSR count). The summed E-state index contributed by atoms with van der Waals surface area (Å²) in [5, 5.41) is 11.4. The number of carbonyl (C=O) groups excluding carboxylic acids is 1. The van der Waals surface area contributed by atoms with Gasteiger partial charge in [0.1, 0.15) is 0 Å². The van der Waals surface area contributed by atoms with Gasteiger partial charge in [0.25, 0.3) is 0 Å². The van der Waals surface area contributed by atoms with Crippen molar-refractivity contribution in [2.24, 2.45) is 5.73 Å². The minimum atomic E-state index is -0.873. The van der Waals surface area contributed by atoms with Crippen LogP contribution in [0.15, 0.2) is 24.3 Å². The summed E-state index contributed by atoms with van der Waals surface area (Å²) in [5.74, 6) is -0.966. The number of carboxylic acids is 1. The number of anilines is 1. The summed E-state index contributed by atoms with van der Waals surface area (Å²) in [4.78, 5) is 22.2. The lowest BCUT2D eigenvalue weighted by Crippen LogP contribution is -2.33. The fourth-order valence-corrected chi connectivity index (χ4v) is 1.54. The maximum absolute atomic E-state index is 11.7. The van der Waals surface area contributed by atoms with Crippen molar-refractivity contribution in [2.45, 2.75) is 38.6 Å². The Kier molecular flexibility index (Phi) is 5.06. The van der Waals surface area contributed by atoms with Gasteiger partial charge in [0, 0.05) is 17.6 Å². The van der Waals surface area contributed by atoms with E-state index in [4.69, 9.17) is 10.8 Å². The molecule has 1 aromatic rings. The fraction of sp³-hybridized carbons (Fsp3) is 0.429. The molecule has 1 amide bonds. The van der Waals surface area contributed by atoms with Crippen molar-refractivity contribution in [1.29, 1.82) is 0 Å². The molecule has 0 heterocycles. The molecule has 0 aliphatic heterocycles. The molecule has 0 aliphatic carbocycles. The van der Waals surface area contributed by atoms with E-state index in [9.17, 15) is 9.59 Å². The minimum Gasteiger partial charge on any atom is -0.481 e.